The zero-order valence-electron chi connectivity index (χ0n) is 24.5. The smallest absolute Gasteiger partial charge is 0.409 e. The maximum absolute atomic E-state index is 12.3. The van der Waals surface area contributed by atoms with Gasteiger partial charge in [0.05, 0.1) is 36.9 Å². The Bertz CT molecular complexity index is 1410. The highest BCUT2D eigenvalue weighted by atomic mass is 16.5. The molecule has 3 aromatic rings. The van der Waals surface area contributed by atoms with Crippen molar-refractivity contribution in [2.45, 2.75) is 43.9 Å². The molecular weight excluding hydrogens is 538 g/mol. The lowest BCUT2D eigenvalue weighted by Gasteiger charge is -2.33. The SMILES string of the molecule is COC(=O)N1CCC(n2ncc3c(N4CC5CCC(C4)O5)nc(-c4ccc(NC(=O)NCCN(C)C)cc4)nc32)CC1. The van der Waals surface area contributed by atoms with E-state index < -0.39 is 0 Å². The van der Waals surface area contributed by atoms with Crippen LogP contribution in [-0.4, -0.2) is 114 Å². The molecule has 0 aliphatic carbocycles. The number of carbonyl (C=O) groups excluding carboxylic acids is 2. The first-order valence-electron chi connectivity index (χ1n) is 14.7. The van der Waals surface area contributed by atoms with E-state index >= 15 is 0 Å². The van der Waals surface area contributed by atoms with Gasteiger partial charge in [-0.1, -0.05) is 0 Å². The molecule has 42 heavy (non-hydrogen) atoms. The Morgan fingerprint density at radius 3 is 2.43 bits per heavy atom. The average molecular weight is 578 g/mol. The van der Waals surface area contributed by atoms with E-state index in [0.717, 1.165) is 67.7 Å². The number of aromatic nitrogens is 4. The number of rotatable bonds is 7. The number of nitrogens with zero attached hydrogens (tertiary/aromatic N) is 7. The molecule has 3 saturated heterocycles. The monoisotopic (exact) mass is 577 g/mol. The van der Waals surface area contributed by atoms with Gasteiger partial charge < -0.3 is 34.8 Å². The molecule has 0 radical (unpaired) electrons. The number of hydrogen-bond donors (Lipinski definition) is 2. The fourth-order valence-electron chi connectivity index (χ4n) is 6.03. The van der Waals surface area contributed by atoms with Gasteiger partial charge in [0.15, 0.2) is 11.5 Å². The molecule has 13 nitrogen and oxygen atoms in total. The Balaban J connectivity index is 1.28. The third kappa shape index (κ3) is 5.97. The minimum absolute atomic E-state index is 0.109. The zero-order chi connectivity index (χ0) is 29.2. The minimum atomic E-state index is -0.295. The summed E-state index contributed by atoms with van der Waals surface area (Å²) >= 11 is 0. The topological polar surface area (TPSA) is 130 Å². The average Bonchev–Trinajstić information content (AvgIpc) is 3.58. The summed E-state index contributed by atoms with van der Waals surface area (Å²) in [5.74, 6) is 1.47. The highest BCUT2D eigenvalue weighted by Crippen LogP contribution is 2.35. The first-order valence-corrected chi connectivity index (χ1v) is 14.7. The number of carbonyl (C=O) groups is 2. The lowest BCUT2D eigenvalue weighted by molar-refractivity contribution is 0.0303. The Morgan fingerprint density at radius 1 is 1.05 bits per heavy atom. The van der Waals surface area contributed by atoms with Crippen LogP contribution in [0.1, 0.15) is 31.7 Å². The standard InChI is InChI=1S/C29H39N9O4/c1-35(2)15-12-30-28(39)32-20-6-4-19(5-7-20)25-33-26(37-17-22-8-9-23(18-37)42-22)24-16-31-38(27(24)34-25)21-10-13-36(14-11-21)29(40)41-3/h4-7,16,21-23H,8-15,17-18H2,1-3H3,(H2,30,32,39). The van der Waals surface area contributed by atoms with Crippen molar-refractivity contribution in [3.05, 3.63) is 30.5 Å². The maximum atomic E-state index is 12.3. The van der Waals surface area contributed by atoms with Crippen LogP contribution in [-0.2, 0) is 9.47 Å². The number of morpholine rings is 1. The molecule has 5 heterocycles. The zero-order valence-corrected chi connectivity index (χ0v) is 24.5. The highest BCUT2D eigenvalue weighted by Gasteiger charge is 2.36. The van der Waals surface area contributed by atoms with Crippen LogP contribution < -0.4 is 15.5 Å². The molecule has 2 bridgehead atoms. The predicted molar refractivity (Wildman–Crippen MR) is 159 cm³/mol. The first-order chi connectivity index (χ1) is 20.4. The molecule has 13 heteroatoms. The van der Waals surface area contributed by atoms with Gasteiger partial charge in [-0.05, 0) is 64.0 Å². The van der Waals surface area contributed by atoms with Gasteiger partial charge in [0.25, 0.3) is 0 Å². The maximum Gasteiger partial charge on any atom is 0.409 e. The molecule has 2 unspecified atom stereocenters. The Morgan fingerprint density at radius 2 is 1.76 bits per heavy atom. The van der Waals surface area contributed by atoms with Crippen molar-refractivity contribution in [1.82, 2.24) is 34.9 Å². The number of hydrogen-bond acceptors (Lipinski definition) is 9. The van der Waals surface area contributed by atoms with E-state index in [0.29, 0.717) is 31.1 Å². The molecule has 0 spiro atoms. The van der Waals surface area contributed by atoms with E-state index in [1.165, 1.54) is 7.11 Å². The second kappa shape index (κ2) is 12.1. The first kappa shape index (κ1) is 28.2. The summed E-state index contributed by atoms with van der Waals surface area (Å²) in [4.78, 5) is 40.5. The molecule has 224 valence electrons. The number of fused-ring (bicyclic) bond motifs is 3. The van der Waals surface area contributed by atoms with Gasteiger partial charge in [0, 0.05) is 50.5 Å². The van der Waals surface area contributed by atoms with E-state index in [4.69, 9.17) is 24.5 Å². The molecule has 1 aromatic carbocycles. The molecule has 2 N–H and O–H groups in total. The molecule has 3 aliphatic rings. The molecule has 0 saturated carbocycles. The van der Waals surface area contributed by atoms with Crippen molar-refractivity contribution in [1.29, 1.82) is 0 Å². The van der Waals surface area contributed by atoms with E-state index in [1.807, 2.05) is 54.1 Å². The summed E-state index contributed by atoms with van der Waals surface area (Å²) in [7, 11) is 5.34. The molecule has 2 aromatic heterocycles. The van der Waals surface area contributed by atoms with E-state index in [2.05, 4.69) is 15.5 Å². The van der Waals surface area contributed by atoms with Crippen molar-refractivity contribution in [3.8, 4) is 11.4 Å². The molecular formula is C29H39N9O4. The third-order valence-corrected chi connectivity index (χ3v) is 8.27. The number of methoxy groups -OCH3 is 1. The van der Waals surface area contributed by atoms with Crippen LogP contribution in [0.2, 0.25) is 0 Å². The van der Waals surface area contributed by atoms with E-state index in [-0.39, 0.29) is 30.4 Å². The van der Waals surface area contributed by atoms with Crippen LogP contribution in [0.5, 0.6) is 0 Å². The summed E-state index contributed by atoms with van der Waals surface area (Å²) < 4.78 is 13.0. The van der Waals surface area contributed by atoms with Crippen molar-refractivity contribution in [2.24, 2.45) is 0 Å². The van der Waals surface area contributed by atoms with Gasteiger partial charge in [-0.2, -0.15) is 5.10 Å². The number of likely N-dealkylation sites (N-methyl/N-ethyl adjacent to an activating group) is 1. The quantitative estimate of drug-likeness (QED) is 0.435. The fraction of sp³-hybridized carbons (Fsp3) is 0.552. The van der Waals surface area contributed by atoms with Crippen molar-refractivity contribution in [2.75, 3.05) is 70.7 Å². The summed E-state index contributed by atoms with van der Waals surface area (Å²) in [6, 6.07) is 7.45. The van der Waals surface area contributed by atoms with Gasteiger partial charge in [0.1, 0.15) is 5.82 Å². The molecule has 3 aliphatic heterocycles. The predicted octanol–water partition coefficient (Wildman–Crippen LogP) is 2.95. The van der Waals surface area contributed by atoms with Crippen LogP contribution in [0.15, 0.2) is 30.5 Å². The summed E-state index contributed by atoms with van der Waals surface area (Å²) in [6.07, 6.45) is 5.67. The normalized spacial score (nSPS) is 20.8. The molecule has 6 rings (SSSR count). The number of amides is 3. The summed E-state index contributed by atoms with van der Waals surface area (Å²) in [5, 5.41) is 11.5. The number of likely N-dealkylation sites (tertiary alicyclic amines) is 1. The van der Waals surface area contributed by atoms with Crippen LogP contribution in [0.25, 0.3) is 22.4 Å². The number of ether oxygens (including phenoxy) is 2. The van der Waals surface area contributed by atoms with Gasteiger partial charge in [-0.15, -0.1) is 0 Å². The molecule has 3 amide bonds. The second-order valence-corrected chi connectivity index (χ2v) is 11.5. The van der Waals surface area contributed by atoms with E-state index in [9.17, 15) is 9.59 Å². The Kier molecular flexibility index (Phi) is 8.11. The lowest BCUT2D eigenvalue weighted by atomic mass is 10.1. The largest absolute Gasteiger partial charge is 0.453 e. The van der Waals surface area contributed by atoms with Crippen molar-refractivity contribution < 1.29 is 19.1 Å². The number of benzene rings is 1. The van der Waals surface area contributed by atoms with Crippen LogP contribution >= 0.6 is 0 Å². The highest BCUT2D eigenvalue weighted by molar-refractivity contribution is 5.90. The fourth-order valence-corrected chi connectivity index (χ4v) is 6.03. The number of anilines is 2. The van der Waals surface area contributed by atoms with E-state index in [1.54, 1.807) is 4.90 Å². The van der Waals surface area contributed by atoms with Gasteiger partial charge in [-0.25, -0.2) is 24.2 Å². The van der Waals surface area contributed by atoms with Crippen molar-refractivity contribution in [3.63, 3.8) is 0 Å². The van der Waals surface area contributed by atoms with Gasteiger partial charge in [-0.3, -0.25) is 0 Å². The number of piperidine rings is 1. The van der Waals surface area contributed by atoms with Crippen LogP contribution in [0, 0.1) is 0 Å². The minimum Gasteiger partial charge on any atom is -0.453 e. The summed E-state index contributed by atoms with van der Waals surface area (Å²) in [6.45, 7) is 4.11. The Labute approximate surface area is 245 Å². The van der Waals surface area contributed by atoms with Crippen LogP contribution in [0.4, 0.5) is 21.1 Å². The Hall–Kier alpha value is -3.97. The van der Waals surface area contributed by atoms with Gasteiger partial charge in [0.2, 0.25) is 0 Å². The number of urea groups is 1. The van der Waals surface area contributed by atoms with Crippen LogP contribution in [0.3, 0.4) is 0 Å². The third-order valence-electron chi connectivity index (χ3n) is 8.27. The summed E-state index contributed by atoms with van der Waals surface area (Å²) in [5.41, 5.74) is 2.32. The second-order valence-electron chi connectivity index (χ2n) is 11.5. The van der Waals surface area contributed by atoms with Crippen molar-refractivity contribution >= 4 is 34.7 Å². The molecule has 2 atom stereocenters. The number of nitrogens with one attached hydrogen (secondary N) is 2. The van der Waals surface area contributed by atoms with Gasteiger partial charge >= 0.3 is 12.1 Å². The lowest BCUT2D eigenvalue weighted by Crippen LogP contribution is -2.43. The molecule has 3 fully saturated rings.